The van der Waals surface area contributed by atoms with Crippen molar-refractivity contribution in [2.24, 2.45) is 0 Å². The molecule has 4 aromatic rings. The minimum absolute atomic E-state index is 0.103. The van der Waals surface area contributed by atoms with Crippen molar-refractivity contribution in [3.8, 4) is 11.5 Å². The first-order chi connectivity index (χ1) is 17.8. The molecule has 0 aliphatic rings. The van der Waals surface area contributed by atoms with Gasteiger partial charge in [-0.15, -0.1) is 0 Å². The number of hydrogen-bond acceptors (Lipinski definition) is 5. The van der Waals surface area contributed by atoms with Gasteiger partial charge < -0.3 is 19.2 Å². The highest BCUT2D eigenvalue weighted by molar-refractivity contribution is 7.81. The zero-order chi connectivity index (χ0) is 26.3. The Morgan fingerprint density at radius 1 is 0.838 bits per heavy atom. The maximum absolute atomic E-state index is 12.3. The van der Waals surface area contributed by atoms with Gasteiger partial charge in [0, 0.05) is 11.5 Å². The molecule has 194 valence electrons. The van der Waals surface area contributed by atoms with E-state index in [2.05, 4.69) is 14.5 Å². The molecule has 10 heteroatoms. The van der Waals surface area contributed by atoms with E-state index in [1.54, 1.807) is 18.2 Å². The van der Waals surface area contributed by atoms with E-state index in [1.165, 1.54) is 18.2 Å². The predicted octanol–water partition coefficient (Wildman–Crippen LogP) is 5.04. The largest absolute Gasteiger partial charge is 0.508 e. The van der Waals surface area contributed by atoms with E-state index < -0.39 is 16.6 Å². The SMILES string of the molecule is O=c1ccc2c(CCNCCc3ccc(OS(=O)C(F)(F)F)cc3)ccc(OCc3ccccc3)c2[nH]1. The van der Waals surface area contributed by atoms with E-state index >= 15 is 0 Å². The van der Waals surface area contributed by atoms with Gasteiger partial charge in [0.15, 0.2) is 0 Å². The quantitative estimate of drug-likeness (QED) is 0.266. The molecule has 1 heterocycles. The van der Waals surface area contributed by atoms with Crippen molar-refractivity contribution < 1.29 is 26.3 Å². The fourth-order valence-electron chi connectivity index (χ4n) is 3.79. The number of rotatable bonds is 11. The predicted molar refractivity (Wildman–Crippen MR) is 137 cm³/mol. The molecule has 0 amide bonds. The summed E-state index contributed by atoms with van der Waals surface area (Å²) in [6, 6.07) is 23.0. The second-order valence-corrected chi connectivity index (χ2v) is 9.37. The Balaban J connectivity index is 1.30. The molecule has 0 saturated carbocycles. The average molecular weight is 531 g/mol. The molecule has 1 aromatic heterocycles. The molecule has 0 aliphatic heterocycles. The lowest BCUT2D eigenvalue weighted by Crippen LogP contribution is -2.21. The number of aromatic nitrogens is 1. The van der Waals surface area contributed by atoms with Crippen molar-refractivity contribution in [2.45, 2.75) is 25.0 Å². The number of H-pyrrole nitrogens is 1. The van der Waals surface area contributed by atoms with Crippen LogP contribution in [0.3, 0.4) is 0 Å². The van der Waals surface area contributed by atoms with Gasteiger partial charge in [0.05, 0.1) is 5.52 Å². The number of fused-ring (bicyclic) bond motifs is 1. The zero-order valence-corrected chi connectivity index (χ0v) is 20.5. The Bertz CT molecular complexity index is 1410. The van der Waals surface area contributed by atoms with Gasteiger partial charge in [0.1, 0.15) is 18.1 Å². The van der Waals surface area contributed by atoms with Gasteiger partial charge in [0.2, 0.25) is 5.56 Å². The van der Waals surface area contributed by atoms with Crippen LogP contribution in [0.25, 0.3) is 10.9 Å². The van der Waals surface area contributed by atoms with Crippen LogP contribution < -0.4 is 19.8 Å². The second-order valence-electron chi connectivity index (χ2n) is 8.27. The van der Waals surface area contributed by atoms with E-state index in [9.17, 15) is 22.2 Å². The number of pyridine rings is 1. The van der Waals surface area contributed by atoms with E-state index in [0.717, 1.165) is 28.5 Å². The van der Waals surface area contributed by atoms with Crippen molar-refractivity contribution in [2.75, 3.05) is 13.1 Å². The monoisotopic (exact) mass is 530 g/mol. The summed E-state index contributed by atoms with van der Waals surface area (Å²) in [6.45, 7) is 1.73. The summed E-state index contributed by atoms with van der Waals surface area (Å²) in [7, 11) is 0. The number of benzene rings is 3. The van der Waals surface area contributed by atoms with Gasteiger partial charge in [-0.05, 0) is 66.9 Å². The topological polar surface area (TPSA) is 80.4 Å². The van der Waals surface area contributed by atoms with Crippen LogP contribution in [-0.4, -0.2) is 27.8 Å². The van der Waals surface area contributed by atoms with Crippen LogP contribution in [0.1, 0.15) is 16.7 Å². The summed E-state index contributed by atoms with van der Waals surface area (Å²) in [6.07, 6.45) is 1.38. The number of hydrogen-bond donors (Lipinski definition) is 2. The van der Waals surface area contributed by atoms with E-state index in [4.69, 9.17) is 4.74 Å². The van der Waals surface area contributed by atoms with Crippen molar-refractivity contribution in [3.63, 3.8) is 0 Å². The fourth-order valence-corrected chi connectivity index (χ4v) is 4.17. The molecule has 0 aliphatic carbocycles. The van der Waals surface area contributed by atoms with Crippen molar-refractivity contribution in [1.29, 1.82) is 0 Å². The standard InChI is InChI=1S/C27H25F3N2O4S/c28-27(29,30)37(34)36-22-9-6-19(7-10-22)14-16-31-17-15-21-8-12-24(26-23(21)11-13-25(33)32-26)35-18-20-4-2-1-3-5-20/h1-13,31H,14-18H2,(H,32,33). The second kappa shape index (κ2) is 12.1. The van der Waals surface area contributed by atoms with E-state index in [-0.39, 0.29) is 11.3 Å². The number of nitrogens with one attached hydrogen (secondary N) is 2. The lowest BCUT2D eigenvalue weighted by molar-refractivity contribution is -0.0437. The first kappa shape index (κ1) is 26.4. The minimum atomic E-state index is -4.92. The molecular formula is C27H25F3N2O4S. The zero-order valence-electron chi connectivity index (χ0n) is 19.7. The van der Waals surface area contributed by atoms with E-state index in [0.29, 0.717) is 37.4 Å². The summed E-state index contributed by atoms with van der Waals surface area (Å²) < 4.78 is 58.4. The molecule has 1 unspecified atom stereocenters. The van der Waals surface area contributed by atoms with Gasteiger partial charge in [-0.3, -0.25) is 4.79 Å². The lowest BCUT2D eigenvalue weighted by Gasteiger charge is -2.13. The average Bonchev–Trinajstić information content (AvgIpc) is 2.88. The van der Waals surface area contributed by atoms with Crippen LogP contribution in [0.5, 0.6) is 11.5 Å². The van der Waals surface area contributed by atoms with Gasteiger partial charge in [-0.2, -0.15) is 13.2 Å². The molecule has 0 saturated heterocycles. The maximum Gasteiger partial charge on any atom is 0.508 e. The molecule has 4 rings (SSSR count). The van der Waals surface area contributed by atoms with Gasteiger partial charge in [-0.1, -0.05) is 48.5 Å². The molecule has 6 nitrogen and oxygen atoms in total. The minimum Gasteiger partial charge on any atom is -0.487 e. The summed E-state index contributed by atoms with van der Waals surface area (Å²) in [5.41, 5.74) is -1.46. The van der Waals surface area contributed by atoms with E-state index in [1.807, 2.05) is 42.5 Å². The summed E-state index contributed by atoms with van der Waals surface area (Å²) in [4.78, 5) is 14.9. The number of halogens is 3. The number of aromatic amines is 1. The molecule has 0 radical (unpaired) electrons. The Morgan fingerprint density at radius 2 is 1.57 bits per heavy atom. The first-order valence-corrected chi connectivity index (χ1v) is 12.7. The summed E-state index contributed by atoms with van der Waals surface area (Å²) in [5, 5.41) is 4.27. The Hall–Kier alpha value is -3.63. The first-order valence-electron chi connectivity index (χ1n) is 11.6. The van der Waals surface area contributed by atoms with Crippen LogP contribution >= 0.6 is 0 Å². The normalized spacial score (nSPS) is 12.4. The van der Waals surface area contributed by atoms with Gasteiger partial charge in [-0.25, -0.2) is 4.21 Å². The van der Waals surface area contributed by atoms with Gasteiger partial charge >= 0.3 is 16.6 Å². The Labute approximate surface area is 214 Å². The molecule has 2 N–H and O–H groups in total. The highest BCUT2D eigenvalue weighted by Crippen LogP contribution is 2.27. The Morgan fingerprint density at radius 3 is 2.30 bits per heavy atom. The third-order valence-corrected chi connectivity index (χ3v) is 6.35. The van der Waals surface area contributed by atoms with Crippen LogP contribution in [0.15, 0.2) is 83.7 Å². The third-order valence-electron chi connectivity index (χ3n) is 5.63. The lowest BCUT2D eigenvalue weighted by atomic mass is 10.0. The highest BCUT2D eigenvalue weighted by atomic mass is 32.2. The van der Waals surface area contributed by atoms with Crippen LogP contribution in [-0.2, 0) is 30.5 Å². The van der Waals surface area contributed by atoms with Crippen LogP contribution in [0.4, 0.5) is 13.2 Å². The highest BCUT2D eigenvalue weighted by Gasteiger charge is 2.40. The molecule has 0 fully saturated rings. The van der Waals surface area contributed by atoms with Crippen LogP contribution in [0.2, 0.25) is 0 Å². The summed E-state index contributed by atoms with van der Waals surface area (Å²) in [5.74, 6) is 0.508. The number of alkyl halides is 3. The van der Waals surface area contributed by atoms with Crippen molar-refractivity contribution in [3.05, 3.63) is 106 Å². The molecule has 0 bridgehead atoms. The summed E-state index contributed by atoms with van der Waals surface area (Å²) >= 11 is -3.38. The Kier molecular flexibility index (Phi) is 8.62. The van der Waals surface area contributed by atoms with Crippen molar-refractivity contribution in [1.82, 2.24) is 10.3 Å². The third kappa shape index (κ3) is 7.43. The molecule has 3 aromatic carbocycles. The number of ether oxygens (including phenoxy) is 1. The molecule has 1 atom stereocenters. The fraction of sp³-hybridized carbons (Fsp3) is 0.222. The van der Waals surface area contributed by atoms with Crippen molar-refractivity contribution >= 4 is 22.0 Å². The van der Waals surface area contributed by atoms with Gasteiger partial charge in [0.25, 0.3) is 0 Å². The molecule has 0 spiro atoms. The smallest absolute Gasteiger partial charge is 0.487 e. The van der Waals surface area contributed by atoms with Crippen LogP contribution in [0, 0.1) is 0 Å². The maximum atomic E-state index is 12.3. The molecule has 37 heavy (non-hydrogen) atoms. The molecular weight excluding hydrogens is 505 g/mol.